The summed E-state index contributed by atoms with van der Waals surface area (Å²) in [4.78, 5) is 56.1. The predicted molar refractivity (Wildman–Crippen MR) is 195 cm³/mol. The van der Waals surface area contributed by atoms with Crippen LogP contribution < -0.4 is 20.7 Å². The zero-order chi connectivity index (χ0) is 36.5. The molecule has 13 nitrogen and oxygen atoms in total. The number of hydrogen-bond acceptors (Lipinski definition) is 10. The van der Waals surface area contributed by atoms with Crippen LogP contribution in [0.15, 0.2) is 58.1 Å². The molecule has 15 heteroatoms. The fourth-order valence-electron chi connectivity index (χ4n) is 6.50. The van der Waals surface area contributed by atoms with E-state index in [0.29, 0.717) is 64.9 Å². The maximum absolute atomic E-state index is 13.2. The second kappa shape index (κ2) is 14.7. The molecule has 2 atom stereocenters. The first-order chi connectivity index (χ1) is 25.1. The number of furan rings is 1. The molecule has 5 heterocycles. The Morgan fingerprint density at radius 2 is 1.83 bits per heavy atom. The largest absolute Gasteiger partial charge is 0.484 e. The number of aliphatic imine (C=N–C) groups is 1. The van der Waals surface area contributed by atoms with Gasteiger partial charge in [0.15, 0.2) is 12.4 Å². The van der Waals surface area contributed by atoms with Gasteiger partial charge >= 0.3 is 0 Å². The van der Waals surface area contributed by atoms with Crippen LogP contribution in [0.5, 0.6) is 5.75 Å². The number of amides is 4. The van der Waals surface area contributed by atoms with Crippen molar-refractivity contribution >= 4 is 63.2 Å². The highest BCUT2D eigenvalue weighted by molar-refractivity contribution is 7.15. The summed E-state index contributed by atoms with van der Waals surface area (Å²) in [5.74, 6) is 0.0938. The minimum atomic E-state index is -0.579. The van der Waals surface area contributed by atoms with Crippen molar-refractivity contribution in [1.82, 2.24) is 30.7 Å². The smallest absolute Gasteiger partial charge is 0.257 e. The van der Waals surface area contributed by atoms with Gasteiger partial charge in [0.2, 0.25) is 17.7 Å². The molecule has 4 amide bonds. The summed E-state index contributed by atoms with van der Waals surface area (Å²) >= 11 is 7.86. The molecule has 2 aliphatic heterocycles. The molecule has 0 aliphatic carbocycles. The quantitative estimate of drug-likeness (QED) is 0.123. The number of aryl methyl sites for hydroxylation is 2. The molecule has 1 unspecified atom stereocenters. The van der Waals surface area contributed by atoms with Crippen LogP contribution in [0.4, 0.5) is 0 Å². The molecule has 1 saturated heterocycles. The molecule has 0 spiro atoms. The molecule has 52 heavy (non-hydrogen) atoms. The first-order valence-electron chi connectivity index (χ1n) is 16.9. The number of aromatic nitrogens is 3. The van der Waals surface area contributed by atoms with E-state index in [1.165, 1.54) is 6.26 Å². The summed E-state index contributed by atoms with van der Waals surface area (Å²) in [7, 11) is 0. The van der Waals surface area contributed by atoms with Crippen molar-refractivity contribution in [2.45, 2.75) is 58.4 Å². The van der Waals surface area contributed by atoms with Crippen LogP contribution in [0.3, 0.4) is 0 Å². The Morgan fingerprint density at radius 3 is 2.60 bits per heavy atom. The van der Waals surface area contributed by atoms with Crippen LogP contribution in [0.1, 0.15) is 76.4 Å². The van der Waals surface area contributed by atoms with Crippen molar-refractivity contribution in [1.29, 1.82) is 0 Å². The number of halogens is 1. The topological polar surface area (TPSA) is 170 Å². The summed E-state index contributed by atoms with van der Waals surface area (Å²) in [5, 5.41) is 19.2. The predicted octanol–water partition coefficient (Wildman–Crippen LogP) is 5.16. The highest BCUT2D eigenvalue weighted by Gasteiger charge is 2.33. The Hall–Kier alpha value is -5.34. The van der Waals surface area contributed by atoms with Crippen molar-refractivity contribution < 1.29 is 28.3 Å². The van der Waals surface area contributed by atoms with Crippen LogP contribution in [0, 0.1) is 20.8 Å². The number of nitrogens with zero attached hydrogens (tertiary/aromatic N) is 4. The minimum absolute atomic E-state index is 0.0641. The molecular formula is C37H36ClN7O6S. The highest BCUT2D eigenvalue weighted by atomic mass is 35.5. The average Bonchev–Trinajstić information content (AvgIpc) is 3.77. The Balaban J connectivity index is 0.931. The lowest BCUT2D eigenvalue weighted by Gasteiger charge is -2.19. The molecule has 2 aliphatic rings. The SMILES string of the molecule is Cc1sc2c(c1C)C(c1ccc(Cl)cc1)=N[C@@H](CC(=O)NCCCNC(=O)COc1ccc3occ(C4CCC(=O)NC4=O)c3c1)c1nnc(C)n1-2. The number of piperidine rings is 1. The molecule has 2 aromatic carbocycles. The van der Waals surface area contributed by atoms with E-state index in [-0.39, 0.29) is 43.1 Å². The fraction of sp³-hybridized carbons (Fsp3) is 0.324. The molecule has 0 radical (unpaired) electrons. The molecule has 268 valence electrons. The van der Waals surface area contributed by atoms with E-state index in [2.05, 4.69) is 40.0 Å². The van der Waals surface area contributed by atoms with E-state index < -0.39 is 12.0 Å². The summed E-state index contributed by atoms with van der Waals surface area (Å²) in [6.07, 6.45) is 2.74. The molecule has 1 fully saturated rings. The van der Waals surface area contributed by atoms with Gasteiger partial charge in [-0.25, -0.2) is 0 Å². The lowest BCUT2D eigenvalue weighted by atomic mass is 9.90. The molecule has 3 N–H and O–H groups in total. The van der Waals surface area contributed by atoms with Crippen molar-refractivity contribution in [2.24, 2.45) is 4.99 Å². The molecule has 7 rings (SSSR count). The van der Waals surface area contributed by atoms with Crippen molar-refractivity contribution in [3.05, 3.63) is 92.5 Å². The number of carbonyl (C=O) groups is 4. The third kappa shape index (κ3) is 7.08. The lowest BCUT2D eigenvalue weighted by molar-refractivity contribution is -0.134. The summed E-state index contributed by atoms with van der Waals surface area (Å²) in [5.41, 5.74) is 5.03. The number of imide groups is 1. The van der Waals surface area contributed by atoms with Crippen LogP contribution >= 0.6 is 22.9 Å². The number of benzene rings is 2. The molecule has 5 aromatic rings. The van der Waals surface area contributed by atoms with Gasteiger partial charge in [0.25, 0.3) is 5.91 Å². The number of nitrogens with one attached hydrogen (secondary N) is 3. The molecule has 0 saturated carbocycles. The highest BCUT2D eigenvalue weighted by Crippen LogP contribution is 2.40. The van der Waals surface area contributed by atoms with Crippen LogP contribution in [-0.4, -0.2) is 63.8 Å². The molecule has 3 aromatic heterocycles. The molecule has 0 bridgehead atoms. The average molecular weight is 742 g/mol. The van der Waals surface area contributed by atoms with Crippen LogP contribution in [-0.2, 0) is 19.2 Å². The number of thiophene rings is 1. The van der Waals surface area contributed by atoms with E-state index in [1.54, 1.807) is 29.5 Å². The van der Waals surface area contributed by atoms with Crippen molar-refractivity contribution in [3.8, 4) is 10.8 Å². The Labute approximate surface area is 307 Å². The minimum Gasteiger partial charge on any atom is -0.484 e. The number of fused-ring (bicyclic) bond motifs is 4. The van der Waals surface area contributed by atoms with Gasteiger partial charge in [-0.3, -0.25) is 34.1 Å². The molecular weight excluding hydrogens is 706 g/mol. The van der Waals surface area contributed by atoms with Gasteiger partial charge in [-0.1, -0.05) is 23.7 Å². The van der Waals surface area contributed by atoms with E-state index >= 15 is 0 Å². The Bertz CT molecular complexity index is 2240. The first-order valence-corrected chi connectivity index (χ1v) is 18.1. The van der Waals surface area contributed by atoms with Gasteiger partial charge in [0, 0.05) is 51.5 Å². The van der Waals surface area contributed by atoms with Gasteiger partial charge in [-0.15, -0.1) is 21.5 Å². The van der Waals surface area contributed by atoms with Gasteiger partial charge < -0.3 is 19.8 Å². The zero-order valence-corrected chi connectivity index (χ0v) is 30.3. The number of carbonyl (C=O) groups excluding carboxylic acids is 4. The van der Waals surface area contributed by atoms with Gasteiger partial charge in [0.1, 0.15) is 28.2 Å². The fourth-order valence-corrected chi connectivity index (χ4v) is 7.84. The summed E-state index contributed by atoms with van der Waals surface area (Å²) in [6.45, 7) is 6.51. The van der Waals surface area contributed by atoms with Crippen molar-refractivity contribution in [3.63, 3.8) is 0 Å². The van der Waals surface area contributed by atoms with Crippen LogP contribution in [0.2, 0.25) is 5.02 Å². The lowest BCUT2D eigenvalue weighted by Crippen LogP contribution is -2.39. The summed E-state index contributed by atoms with van der Waals surface area (Å²) in [6, 6.07) is 12.1. The number of ether oxygens (including phenoxy) is 1. The number of hydrogen-bond donors (Lipinski definition) is 3. The Morgan fingerprint density at radius 1 is 1.06 bits per heavy atom. The van der Waals surface area contributed by atoms with Crippen LogP contribution in [0.25, 0.3) is 16.0 Å². The third-order valence-corrected chi connectivity index (χ3v) is 10.7. The first kappa shape index (κ1) is 35.1. The normalized spacial score (nSPS) is 16.8. The van der Waals surface area contributed by atoms with E-state index in [1.807, 2.05) is 35.8 Å². The maximum Gasteiger partial charge on any atom is 0.257 e. The van der Waals surface area contributed by atoms with Gasteiger partial charge in [-0.2, -0.15) is 0 Å². The Kier molecular flexibility index (Phi) is 9.93. The van der Waals surface area contributed by atoms with Crippen molar-refractivity contribution in [2.75, 3.05) is 19.7 Å². The maximum atomic E-state index is 13.2. The monoisotopic (exact) mass is 741 g/mol. The van der Waals surface area contributed by atoms with Gasteiger partial charge in [0.05, 0.1) is 24.3 Å². The summed E-state index contributed by atoms with van der Waals surface area (Å²) < 4.78 is 13.3. The second-order valence-corrected chi connectivity index (χ2v) is 14.4. The second-order valence-electron chi connectivity index (χ2n) is 12.8. The van der Waals surface area contributed by atoms with E-state index in [9.17, 15) is 19.2 Å². The van der Waals surface area contributed by atoms with Gasteiger partial charge in [-0.05, 0) is 69.5 Å². The van der Waals surface area contributed by atoms with E-state index in [0.717, 1.165) is 32.3 Å². The standard InChI is InChI=1S/C37H36ClN7O6S/c1-19-20(2)52-37-33(19)34(22-5-7-23(38)8-6-22)41-28(35-44-43-21(3)45(35)37)16-31(47)39-13-4-14-40-32(48)18-50-24-9-11-29-26(15-24)27(17-51-29)25-10-12-30(46)42-36(25)49/h5-9,11,15,17,25,28H,4,10,12-14,16,18H2,1-3H3,(H,39,47)(H,40,48)(H,42,46,49)/t25?,28-/m0/s1. The number of rotatable bonds is 11. The third-order valence-electron chi connectivity index (χ3n) is 9.29. The van der Waals surface area contributed by atoms with E-state index in [4.69, 9.17) is 25.7 Å². The zero-order valence-electron chi connectivity index (χ0n) is 28.7.